The highest BCUT2D eigenvalue weighted by Crippen LogP contribution is 2.55. The number of phenolic OH excluding ortho intramolecular Hbond substituents is 1. The Hall–Kier alpha value is -2.42. The highest BCUT2D eigenvalue weighted by Gasteiger charge is 2.54. The lowest BCUT2D eigenvalue weighted by Crippen LogP contribution is -2.49. The van der Waals surface area contributed by atoms with Crippen LogP contribution in [0.4, 0.5) is 0 Å². The van der Waals surface area contributed by atoms with E-state index in [1.54, 1.807) is 19.1 Å². The average molecular weight is 322 g/mol. The van der Waals surface area contributed by atoms with Gasteiger partial charge in [0.2, 0.25) is 0 Å². The summed E-state index contributed by atoms with van der Waals surface area (Å²) in [5.74, 6) is -0.322. The van der Waals surface area contributed by atoms with Crippen LogP contribution >= 0.6 is 0 Å². The summed E-state index contributed by atoms with van der Waals surface area (Å²) in [5.41, 5.74) is 2.35. The van der Waals surface area contributed by atoms with Gasteiger partial charge >= 0.3 is 0 Å². The van der Waals surface area contributed by atoms with Crippen molar-refractivity contribution < 1.29 is 14.7 Å². The van der Waals surface area contributed by atoms with Crippen LogP contribution in [0.3, 0.4) is 0 Å². The van der Waals surface area contributed by atoms with Gasteiger partial charge < -0.3 is 5.11 Å². The number of fused-ring (bicyclic) bond motifs is 1. The third-order valence-corrected chi connectivity index (χ3v) is 5.59. The predicted molar refractivity (Wildman–Crippen MR) is 93.8 cm³/mol. The number of aromatic hydroxyl groups is 1. The highest BCUT2D eigenvalue weighted by molar-refractivity contribution is 6.13. The van der Waals surface area contributed by atoms with Crippen LogP contribution in [0.15, 0.2) is 54.2 Å². The van der Waals surface area contributed by atoms with Crippen molar-refractivity contribution in [1.82, 2.24) is 0 Å². The smallest absolute Gasteiger partial charge is 0.166 e. The first-order chi connectivity index (χ1) is 11.3. The van der Waals surface area contributed by atoms with Gasteiger partial charge in [-0.1, -0.05) is 37.8 Å². The van der Waals surface area contributed by atoms with Gasteiger partial charge in [-0.15, -0.1) is 0 Å². The molecule has 2 aliphatic rings. The predicted octanol–water partition coefficient (Wildman–Crippen LogP) is 4.02. The molecule has 3 unspecified atom stereocenters. The summed E-state index contributed by atoms with van der Waals surface area (Å²) in [7, 11) is 0. The van der Waals surface area contributed by atoms with Crippen LogP contribution in [0.1, 0.15) is 37.3 Å². The van der Waals surface area contributed by atoms with E-state index in [1.165, 1.54) is 6.08 Å². The van der Waals surface area contributed by atoms with E-state index in [9.17, 15) is 14.7 Å². The minimum atomic E-state index is -0.822. The number of rotatable bonds is 2. The molecule has 24 heavy (non-hydrogen) atoms. The monoisotopic (exact) mass is 322 g/mol. The van der Waals surface area contributed by atoms with Crippen molar-refractivity contribution in [3.05, 3.63) is 65.3 Å². The van der Waals surface area contributed by atoms with Crippen molar-refractivity contribution in [3.8, 4) is 5.75 Å². The first kappa shape index (κ1) is 16.4. The Labute approximate surface area is 142 Å². The molecule has 0 fully saturated rings. The lowest BCUT2D eigenvalue weighted by molar-refractivity contribution is -0.137. The van der Waals surface area contributed by atoms with Gasteiger partial charge in [0.1, 0.15) is 5.75 Å². The van der Waals surface area contributed by atoms with E-state index >= 15 is 0 Å². The topological polar surface area (TPSA) is 54.4 Å². The summed E-state index contributed by atoms with van der Waals surface area (Å²) < 4.78 is 0. The molecule has 0 radical (unpaired) electrons. The molecule has 0 saturated heterocycles. The Bertz CT molecular complexity index is 812. The molecule has 2 aliphatic carbocycles. The maximum absolute atomic E-state index is 13.1. The summed E-state index contributed by atoms with van der Waals surface area (Å²) in [6, 6.07) is 5.38. The van der Waals surface area contributed by atoms with Crippen molar-refractivity contribution in [2.45, 2.75) is 33.1 Å². The molecule has 0 amide bonds. The van der Waals surface area contributed by atoms with Crippen LogP contribution in [0.25, 0.3) is 0 Å². The molecule has 0 bridgehead atoms. The van der Waals surface area contributed by atoms with Crippen LogP contribution < -0.4 is 0 Å². The normalized spacial score (nSPS) is 29.6. The highest BCUT2D eigenvalue weighted by atomic mass is 16.3. The first-order valence-corrected chi connectivity index (χ1v) is 8.19. The minimum Gasteiger partial charge on any atom is -0.508 e. The fourth-order valence-corrected chi connectivity index (χ4v) is 4.27. The van der Waals surface area contributed by atoms with Crippen LogP contribution in [0.2, 0.25) is 0 Å². The number of hydrogen-bond donors (Lipinski definition) is 1. The van der Waals surface area contributed by atoms with Crippen LogP contribution in [0.5, 0.6) is 5.75 Å². The Morgan fingerprint density at radius 2 is 2.00 bits per heavy atom. The standard InChI is InChI=1S/C21H22O3/c1-5-14-6-8-16-18(23)11-13(3)20(24)21(16,4)19(14)15-7-9-17(22)12(2)10-15/h5-7,9-11,16,19,22H,1,8H2,2-4H3. The van der Waals surface area contributed by atoms with E-state index in [4.69, 9.17) is 0 Å². The number of benzene rings is 1. The molecular formula is C21H22O3. The Kier molecular flexibility index (Phi) is 3.83. The van der Waals surface area contributed by atoms with E-state index in [2.05, 4.69) is 6.58 Å². The van der Waals surface area contributed by atoms with Crippen molar-refractivity contribution in [1.29, 1.82) is 0 Å². The van der Waals surface area contributed by atoms with Crippen LogP contribution in [0, 0.1) is 18.3 Å². The molecule has 3 nitrogen and oxygen atoms in total. The number of carbonyl (C=O) groups excluding carboxylic acids is 2. The molecule has 1 aromatic carbocycles. The van der Waals surface area contributed by atoms with E-state index < -0.39 is 5.41 Å². The van der Waals surface area contributed by atoms with Gasteiger partial charge in [-0.3, -0.25) is 9.59 Å². The van der Waals surface area contributed by atoms with E-state index in [1.807, 2.05) is 32.1 Å². The molecule has 3 atom stereocenters. The Morgan fingerprint density at radius 1 is 1.29 bits per heavy atom. The maximum atomic E-state index is 13.1. The summed E-state index contributed by atoms with van der Waals surface area (Å²) in [6.07, 6.45) is 5.84. The molecule has 3 heteroatoms. The molecule has 0 saturated carbocycles. The second kappa shape index (κ2) is 5.59. The number of allylic oxidation sites excluding steroid dienone is 5. The first-order valence-electron chi connectivity index (χ1n) is 8.19. The third kappa shape index (κ3) is 2.19. The quantitative estimate of drug-likeness (QED) is 0.894. The number of Topliss-reactive ketones (excluding diaryl/α,β-unsaturated/α-hetero) is 1. The van der Waals surface area contributed by atoms with Crippen LogP contribution in [-0.4, -0.2) is 16.7 Å². The van der Waals surface area contributed by atoms with Crippen LogP contribution in [-0.2, 0) is 9.59 Å². The molecule has 0 spiro atoms. The number of carbonyl (C=O) groups is 2. The van der Waals surface area contributed by atoms with Gasteiger partial charge in [-0.05, 0) is 54.7 Å². The zero-order chi connectivity index (χ0) is 17.6. The molecule has 3 rings (SSSR count). The molecule has 1 aromatic rings. The zero-order valence-corrected chi connectivity index (χ0v) is 14.3. The molecule has 0 aromatic heterocycles. The Morgan fingerprint density at radius 3 is 2.62 bits per heavy atom. The van der Waals surface area contributed by atoms with Gasteiger partial charge in [0.25, 0.3) is 0 Å². The lowest BCUT2D eigenvalue weighted by atomic mass is 9.53. The second-order valence-corrected chi connectivity index (χ2v) is 7.02. The Balaban J connectivity index is 2.24. The van der Waals surface area contributed by atoms with Gasteiger partial charge in [0, 0.05) is 11.8 Å². The molecule has 124 valence electrons. The van der Waals surface area contributed by atoms with Crippen molar-refractivity contribution in [3.63, 3.8) is 0 Å². The van der Waals surface area contributed by atoms with E-state index in [0.717, 1.165) is 16.7 Å². The third-order valence-electron chi connectivity index (χ3n) is 5.59. The summed E-state index contributed by atoms with van der Waals surface area (Å²) in [6.45, 7) is 9.35. The van der Waals surface area contributed by atoms with E-state index in [0.29, 0.717) is 12.0 Å². The lowest BCUT2D eigenvalue weighted by Gasteiger charge is -2.47. The SMILES string of the molecule is C=CC1=CCC2C(=O)C=C(C)C(=O)C2(C)C1c1ccc(O)c(C)c1. The number of ketones is 2. The fourth-order valence-electron chi connectivity index (χ4n) is 4.27. The largest absolute Gasteiger partial charge is 0.508 e. The van der Waals surface area contributed by atoms with E-state index in [-0.39, 0.29) is 29.2 Å². The number of aryl methyl sites for hydroxylation is 1. The summed E-state index contributed by atoms with van der Waals surface area (Å²) in [5, 5.41) is 9.83. The molecule has 0 aliphatic heterocycles. The molecular weight excluding hydrogens is 300 g/mol. The van der Waals surface area contributed by atoms with Gasteiger partial charge in [0.15, 0.2) is 11.6 Å². The fraction of sp³-hybridized carbons (Fsp3) is 0.333. The van der Waals surface area contributed by atoms with Crippen molar-refractivity contribution >= 4 is 11.6 Å². The number of phenols is 1. The number of hydrogen-bond acceptors (Lipinski definition) is 3. The zero-order valence-electron chi connectivity index (χ0n) is 14.3. The van der Waals surface area contributed by atoms with Gasteiger partial charge in [-0.2, -0.15) is 0 Å². The van der Waals surface area contributed by atoms with Crippen molar-refractivity contribution in [2.24, 2.45) is 11.3 Å². The van der Waals surface area contributed by atoms with Crippen molar-refractivity contribution in [2.75, 3.05) is 0 Å². The van der Waals surface area contributed by atoms with Gasteiger partial charge in [-0.25, -0.2) is 0 Å². The maximum Gasteiger partial charge on any atom is 0.166 e. The van der Waals surface area contributed by atoms with Gasteiger partial charge in [0.05, 0.1) is 5.41 Å². The second-order valence-electron chi connectivity index (χ2n) is 7.02. The summed E-state index contributed by atoms with van der Waals surface area (Å²) >= 11 is 0. The molecule has 1 N–H and O–H groups in total. The molecule has 0 heterocycles. The minimum absolute atomic E-state index is 0.0227. The summed E-state index contributed by atoms with van der Waals surface area (Å²) in [4.78, 5) is 25.7. The average Bonchev–Trinajstić information content (AvgIpc) is 2.54.